The average molecular weight is 790 g/mol. The fraction of sp³-hybridized carbons (Fsp3) is 0.341. The first-order valence-electron chi connectivity index (χ1n) is 19.4. The SMILES string of the molecule is COc1ccc(Cn2c(C(N)=O)nc3c(C(=O)Nc4ccc(C(=O)N(C)c5ccc(C)cc5OCCCCCC(=O)N5CCN(C)CC5)cc4OC)cccc32)cc1. The third-order valence-corrected chi connectivity index (χ3v) is 10.4. The average Bonchev–Trinajstić information content (AvgIpc) is 3.60. The molecule has 0 unspecified atom stereocenters. The monoisotopic (exact) mass is 789 g/mol. The number of rotatable bonds is 16. The van der Waals surface area contributed by atoms with Gasteiger partial charge in [0, 0.05) is 51.8 Å². The molecule has 1 saturated heterocycles. The molecule has 0 saturated carbocycles. The second kappa shape index (κ2) is 18.7. The third-order valence-electron chi connectivity index (χ3n) is 10.4. The first-order valence-corrected chi connectivity index (χ1v) is 19.4. The highest BCUT2D eigenvalue weighted by atomic mass is 16.5. The van der Waals surface area contributed by atoms with Crippen molar-refractivity contribution in [1.29, 1.82) is 0 Å². The van der Waals surface area contributed by atoms with Gasteiger partial charge in [-0.3, -0.25) is 19.2 Å². The van der Waals surface area contributed by atoms with Crippen molar-refractivity contribution in [2.45, 2.75) is 39.2 Å². The highest BCUT2D eigenvalue weighted by molar-refractivity contribution is 6.13. The van der Waals surface area contributed by atoms with Gasteiger partial charge in [0.1, 0.15) is 22.8 Å². The van der Waals surface area contributed by atoms with E-state index in [4.69, 9.17) is 19.9 Å². The molecule has 14 nitrogen and oxygen atoms in total. The topological polar surface area (TPSA) is 162 Å². The van der Waals surface area contributed by atoms with Gasteiger partial charge < -0.3 is 44.5 Å². The first-order chi connectivity index (χ1) is 28.0. The number of anilines is 2. The largest absolute Gasteiger partial charge is 0.497 e. The Morgan fingerprint density at radius 2 is 1.62 bits per heavy atom. The fourth-order valence-electron chi connectivity index (χ4n) is 6.98. The maximum Gasteiger partial charge on any atom is 0.284 e. The number of hydrogen-bond donors (Lipinski definition) is 2. The second-order valence-electron chi connectivity index (χ2n) is 14.5. The number of carbonyl (C=O) groups excluding carboxylic acids is 4. The molecule has 1 aliphatic rings. The summed E-state index contributed by atoms with van der Waals surface area (Å²) in [5, 5.41) is 2.88. The van der Waals surface area contributed by atoms with Gasteiger partial charge in [0.05, 0.1) is 43.3 Å². The molecule has 14 heteroatoms. The molecule has 0 aliphatic carbocycles. The Kier molecular flexibility index (Phi) is 13.3. The molecule has 0 bridgehead atoms. The summed E-state index contributed by atoms with van der Waals surface area (Å²) in [6.45, 7) is 6.10. The summed E-state index contributed by atoms with van der Waals surface area (Å²) < 4.78 is 18.8. The van der Waals surface area contributed by atoms with Gasteiger partial charge in [-0.1, -0.05) is 24.3 Å². The van der Waals surface area contributed by atoms with Crippen LogP contribution in [0.2, 0.25) is 0 Å². The minimum atomic E-state index is -0.728. The molecule has 1 aromatic heterocycles. The number of likely N-dealkylation sites (N-methyl/N-ethyl adjacent to an activating group) is 1. The Balaban J connectivity index is 1.11. The molecule has 4 amide bonds. The number of nitrogens with one attached hydrogen (secondary N) is 1. The van der Waals surface area contributed by atoms with E-state index >= 15 is 0 Å². The zero-order chi connectivity index (χ0) is 41.3. The molecule has 6 rings (SSSR count). The molecule has 4 aromatic carbocycles. The number of benzene rings is 4. The van der Waals surface area contributed by atoms with Crippen LogP contribution in [0.1, 0.15) is 68.1 Å². The highest BCUT2D eigenvalue weighted by Crippen LogP contribution is 2.33. The normalized spacial score (nSPS) is 12.9. The highest BCUT2D eigenvalue weighted by Gasteiger charge is 2.24. The number of methoxy groups -OCH3 is 2. The minimum Gasteiger partial charge on any atom is -0.497 e. The van der Waals surface area contributed by atoms with E-state index in [1.807, 2.05) is 54.3 Å². The van der Waals surface area contributed by atoms with Gasteiger partial charge in [-0.2, -0.15) is 0 Å². The van der Waals surface area contributed by atoms with E-state index < -0.39 is 11.8 Å². The quantitative estimate of drug-likeness (QED) is 0.119. The van der Waals surface area contributed by atoms with Crippen LogP contribution in [0.5, 0.6) is 17.2 Å². The Bertz CT molecular complexity index is 2280. The van der Waals surface area contributed by atoms with Crippen LogP contribution in [0.4, 0.5) is 11.4 Å². The maximum atomic E-state index is 13.9. The van der Waals surface area contributed by atoms with Crippen molar-refractivity contribution in [3.8, 4) is 17.2 Å². The molecule has 58 heavy (non-hydrogen) atoms. The number of fused-ring (bicyclic) bond motifs is 1. The van der Waals surface area contributed by atoms with Crippen LogP contribution in [-0.4, -0.2) is 104 Å². The maximum absolute atomic E-state index is 13.9. The number of hydrogen-bond acceptors (Lipinski definition) is 9. The number of ether oxygens (including phenoxy) is 3. The van der Waals surface area contributed by atoms with Crippen molar-refractivity contribution in [1.82, 2.24) is 19.4 Å². The summed E-state index contributed by atoms with van der Waals surface area (Å²) in [4.78, 5) is 63.0. The van der Waals surface area contributed by atoms with Crippen LogP contribution >= 0.6 is 0 Å². The first kappa shape index (κ1) is 41.2. The lowest BCUT2D eigenvalue weighted by Crippen LogP contribution is -2.47. The van der Waals surface area contributed by atoms with Crippen LogP contribution in [0.3, 0.4) is 0 Å². The summed E-state index contributed by atoms with van der Waals surface area (Å²) >= 11 is 0. The fourth-order valence-corrected chi connectivity index (χ4v) is 6.98. The van der Waals surface area contributed by atoms with Gasteiger partial charge in [0.25, 0.3) is 17.7 Å². The van der Waals surface area contributed by atoms with E-state index in [0.717, 1.165) is 56.6 Å². The molecule has 1 fully saturated rings. The van der Waals surface area contributed by atoms with Crippen LogP contribution < -0.4 is 30.2 Å². The smallest absolute Gasteiger partial charge is 0.284 e. The molecule has 304 valence electrons. The Hall–Kier alpha value is -6.41. The van der Waals surface area contributed by atoms with Crippen molar-refractivity contribution in [3.63, 3.8) is 0 Å². The van der Waals surface area contributed by atoms with E-state index in [1.165, 1.54) is 12.0 Å². The lowest BCUT2D eigenvalue weighted by atomic mass is 10.1. The van der Waals surface area contributed by atoms with Gasteiger partial charge in [-0.25, -0.2) is 4.98 Å². The lowest BCUT2D eigenvalue weighted by molar-refractivity contribution is -0.132. The molecule has 2 heterocycles. The van der Waals surface area contributed by atoms with E-state index in [-0.39, 0.29) is 29.0 Å². The molecule has 1 aliphatic heterocycles. The summed E-state index contributed by atoms with van der Waals surface area (Å²) in [7, 11) is 6.80. The summed E-state index contributed by atoms with van der Waals surface area (Å²) in [6.07, 6.45) is 2.97. The van der Waals surface area contributed by atoms with Crippen LogP contribution in [-0.2, 0) is 11.3 Å². The number of nitrogens with two attached hydrogens (primary N) is 1. The molecular formula is C44H51N7O7. The van der Waals surface area contributed by atoms with Gasteiger partial charge in [-0.15, -0.1) is 0 Å². The van der Waals surface area contributed by atoms with Crippen molar-refractivity contribution in [2.75, 3.05) is 71.3 Å². The van der Waals surface area contributed by atoms with Crippen LogP contribution in [0, 0.1) is 6.92 Å². The van der Waals surface area contributed by atoms with Crippen molar-refractivity contribution in [2.24, 2.45) is 5.73 Å². The number of aromatic nitrogens is 2. The third kappa shape index (κ3) is 9.57. The lowest BCUT2D eigenvalue weighted by Gasteiger charge is -2.32. The minimum absolute atomic E-state index is 0.0163. The zero-order valence-electron chi connectivity index (χ0n) is 33.7. The summed E-state index contributed by atoms with van der Waals surface area (Å²) in [6, 6.07) is 23.0. The van der Waals surface area contributed by atoms with Crippen molar-refractivity contribution in [3.05, 3.63) is 107 Å². The van der Waals surface area contributed by atoms with Crippen LogP contribution in [0.15, 0.2) is 78.9 Å². The number of primary amides is 1. The standard InChI is InChI=1S/C44H51N7O7/c1-29-13-20-35(38(26-29)58-25-8-6-7-12-39(52)50-23-21-48(2)22-24-50)49(3)44(55)31-16-19-34(37(27-31)57-5)46-43(54)33-10-9-11-36-40(33)47-42(41(45)53)51(36)28-30-14-17-32(56-4)18-15-30/h9-11,13-20,26-27H,6-8,12,21-25,28H2,1-5H3,(H2,45,53)(H,46,54). The van der Waals surface area contributed by atoms with E-state index in [0.29, 0.717) is 59.0 Å². The molecule has 0 atom stereocenters. The number of unbranched alkanes of at least 4 members (excludes halogenated alkanes) is 2. The number of piperazine rings is 1. The van der Waals surface area contributed by atoms with Crippen LogP contribution in [0.25, 0.3) is 11.0 Å². The number of amides is 4. The Morgan fingerprint density at radius 1 is 0.862 bits per heavy atom. The molecule has 0 spiro atoms. The summed E-state index contributed by atoms with van der Waals surface area (Å²) in [5.74, 6) is 0.256. The Labute approximate surface area is 338 Å². The molecule has 3 N–H and O–H groups in total. The van der Waals surface area contributed by atoms with Crippen molar-refractivity contribution >= 4 is 46.0 Å². The van der Waals surface area contributed by atoms with Gasteiger partial charge >= 0.3 is 0 Å². The number of carbonyl (C=O) groups is 4. The van der Waals surface area contributed by atoms with E-state index in [2.05, 4.69) is 22.2 Å². The molecular weight excluding hydrogens is 739 g/mol. The summed E-state index contributed by atoms with van der Waals surface area (Å²) in [5.41, 5.74) is 9.97. The predicted molar refractivity (Wildman–Crippen MR) is 223 cm³/mol. The van der Waals surface area contributed by atoms with E-state index in [9.17, 15) is 19.2 Å². The van der Waals surface area contributed by atoms with Gasteiger partial charge in [-0.05, 0) is 99.0 Å². The number of imidazole rings is 1. The Morgan fingerprint density at radius 3 is 2.33 bits per heavy atom. The second-order valence-corrected chi connectivity index (χ2v) is 14.5. The number of para-hydroxylation sites is 1. The predicted octanol–water partition coefficient (Wildman–Crippen LogP) is 5.75. The van der Waals surface area contributed by atoms with Crippen molar-refractivity contribution < 1.29 is 33.4 Å². The number of aryl methyl sites for hydroxylation is 1. The number of nitrogens with zero attached hydrogens (tertiary/aromatic N) is 5. The van der Waals surface area contributed by atoms with Gasteiger partial charge in [0.2, 0.25) is 5.91 Å². The van der Waals surface area contributed by atoms with Gasteiger partial charge in [0.15, 0.2) is 5.82 Å². The zero-order valence-corrected chi connectivity index (χ0v) is 33.7. The molecule has 5 aromatic rings. The molecule has 0 radical (unpaired) electrons. The van der Waals surface area contributed by atoms with E-state index in [1.54, 1.807) is 55.1 Å².